The van der Waals surface area contributed by atoms with Crippen LogP contribution in [0.25, 0.3) is 0 Å². The number of aromatic nitrogens is 1. The molecule has 7 heteroatoms. The van der Waals surface area contributed by atoms with Gasteiger partial charge in [-0.3, -0.25) is 9.59 Å². The third kappa shape index (κ3) is 4.08. The highest BCUT2D eigenvalue weighted by atomic mass is 16.1. The van der Waals surface area contributed by atoms with Gasteiger partial charge >= 0.3 is 0 Å². The van der Waals surface area contributed by atoms with E-state index >= 15 is 0 Å². The Morgan fingerprint density at radius 1 is 0.929 bits per heavy atom. The van der Waals surface area contributed by atoms with E-state index in [1.54, 1.807) is 17.2 Å². The second kappa shape index (κ2) is 8.29. The monoisotopic (exact) mass is 379 g/mol. The van der Waals surface area contributed by atoms with Crippen LogP contribution < -0.4 is 15.1 Å². The first kappa shape index (κ1) is 18.3. The van der Waals surface area contributed by atoms with Gasteiger partial charge in [0.25, 0.3) is 5.91 Å². The summed E-state index contributed by atoms with van der Waals surface area (Å²) >= 11 is 0. The number of amides is 2. The fraction of sp³-hybridized carbons (Fsp3) is 0.381. The number of benzene rings is 1. The quantitative estimate of drug-likeness (QED) is 0.807. The summed E-state index contributed by atoms with van der Waals surface area (Å²) in [4.78, 5) is 34.1. The molecule has 0 spiro atoms. The molecular weight excluding hydrogens is 354 g/mol. The SMILES string of the molecule is O=CN1CCN(c2cc(C(=O)Nc3ccc(N4CCCC4)cc3)ccn2)CC1. The van der Waals surface area contributed by atoms with Crippen LogP contribution in [0.1, 0.15) is 23.2 Å². The van der Waals surface area contributed by atoms with E-state index in [4.69, 9.17) is 0 Å². The topological polar surface area (TPSA) is 68.8 Å². The molecule has 2 aliphatic heterocycles. The van der Waals surface area contributed by atoms with Crippen LogP contribution in [0.15, 0.2) is 42.6 Å². The maximum Gasteiger partial charge on any atom is 0.255 e. The maximum absolute atomic E-state index is 12.7. The van der Waals surface area contributed by atoms with E-state index < -0.39 is 0 Å². The molecule has 0 aliphatic carbocycles. The Kier molecular flexibility index (Phi) is 5.41. The largest absolute Gasteiger partial charge is 0.372 e. The molecule has 0 radical (unpaired) electrons. The van der Waals surface area contributed by atoms with Crippen LogP contribution in [0.4, 0.5) is 17.2 Å². The Balaban J connectivity index is 1.40. The minimum atomic E-state index is -0.149. The smallest absolute Gasteiger partial charge is 0.255 e. The van der Waals surface area contributed by atoms with Crippen LogP contribution in [-0.4, -0.2) is 61.5 Å². The summed E-state index contributed by atoms with van der Waals surface area (Å²) in [6, 6.07) is 11.6. The van der Waals surface area contributed by atoms with E-state index in [1.165, 1.54) is 18.5 Å². The third-order valence-electron chi connectivity index (χ3n) is 5.39. The summed E-state index contributed by atoms with van der Waals surface area (Å²) in [7, 11) is 0. The van der Waals surface area contributed by atoms with E-state index in [-0.39, 0.29) is 5.91 Å². The Labute approximate surface area is 164 Å². The summed E-state index contributed by atoms with van der Waals surface area (Å²) < 4.78 is 0. The highest BCUT2D eigenvalue weighted by Gasteiger charge is 2.18. The van der Waals surface area contributed by atoms with Crippen LogP contribution >= 0.6 is 0 Å². The first-order valence-electron chi connectivity index (χ1n) is 9.80. The van der Waals surface area contributed by atoms with E-state index in [0.29, 0.717) is 18.7 Å². The van der Waals surface area contributed by atoms with Gasteiger partial charge in [0.05, 0.1) is 0 Å². The molecule has 2 fully saturated rings. The number of nitrogens with one attached hydrogen (secondary N) is 1. The zero-order valence-corrected chi connectivity index (χ0v) is 15.9. The molecule has 3 heterocycles. The second-order valence-corrected chi connectivity index (χ2v) is 7.23. The van der Waals surface area contributed by atoms with Crippen molar-refractivity contribution in [2.75, 3.05) is 54.4 Å². The first-order chi connectivity index (χ1) is 13.7. The molecule has 2 aromatic rings. The van der Waals surface area contributed by atoms with Gasteiger partial charge in [0.15, 0.2) is 0 Å². The highest BCUT2D eigenvalue weighted by molar-refractivity contribution is 6.04. The normalized spacial score (nSPS) is 16.9. The molecule has 0 saturated carbocycles. The predicted octanol–water partition coefficient (Wildman–Crippen LogP) is 2.21. The molecule has 0 unspecified atom stereocenters. The number of hydrogen-bond donors (Lipinski definition) is 1. The molecule has 2 aliphatic rings. The van der Waals surface area contributed by atoms with Crippen molar-refractivity contribution >= 4 is 29.5 Å². The Morgan fingerprint density at radius 2 is 1.64 bits per heavy atom. The molecule has 1 aromatic carbocycles. The molecule has 28 heavy (non-hydrogen) atoms. The standard InChI is InChI=1S/C21H25N5O2/c27-16-24-11-13-26(14-12-24)20-15-17(7-8-22-20)21(28)23-18-3-5-19(6-4-18)25-9-1-2-10-25/h3-8,15-16H,1-2,9-14H2,(H,23,28). The molecule has 4 rings (SSSR count). The average Bonchev–Trinajstić information content (AvgIpc) is 3.29. The predicted molar refractivity (Wildman–Crippen MR) is 110 cm³/mol. The molecule has 1 aromatic heterocycles. The van der Waals surface area contributed by atoms with E-state index in [9.17, 15) is 9.59 Å². The van der Waals surface area contributed by atoms with Crippen LogP contribution in [-0.2, 0) is 4.79 Å². The molecule has 2 saturated heterocycles. The Bertz CT molecular complexity index is 825. The number of carbonyl (C=O) groups is 2. The summed E-state index contributed by atoms with van der Waals surface area (Å²) in [6.07, 6.45) is 5.02. The van der Waals surface area contributed by atoms with Gasteiger partial charge in [-0.15, -0.1) is 0 Å². The first-order valence-corrected chi connectivity index (χ1v) is 9.80. The highest BCUT2D eigenvalue weighted by Crippen LogP contribution is 2.22. The van der Waals surface area contributed by atoms with Gasteiger partial charge in [-0.2, -0.15) is 0 Å². The second-order valence-electron chi connectivity index (χ2n) is 7.23. The summed E-state index contributed by atoms with van der Waals surface area (Å²) in [5.41, 5.74) is 2.56. The summed E-state index contributed by atoms with van der Waals surface area (Å²) in [6.45, 7) is 4.98. The number of pyridine rings is 1. The van der Waals surface area contributed by atoms with Crippen molar-refractivity contribution in [2.24, 2.45) is 0 Å². The lowest BCUT2D eigenvalue weighted by Crippen LogP contribution is -2.46. The number of rotatable bonds is 5. The van der Waals surface area contributed by atoms with Crippen LogP contribution in [0.3, 0.4) is 0 Å². The molecule has 0 atom stereocenters. The molecule has 1 N–H and O–H groups in total. The number of nitrogens with zero attached hydrogens (tertiary/aromatic N) is 4. The van der Waals surface area contributed by atoms with Gasteiger partial charge in [0, 0.05) is 62.4 Å². The molecule has 146 valence electrons. The van der Waals surface area contributed by atoms with Crippen LogP contribution in [0.5, 0.6) is 0 Å². The van der Waals surface area contributed by atoms with Crippen molar-refractivity contribution in [2.45, 2.75) is 12.8 Å². The van der Waals surface area contributed by atoms with E-state index in [0.717, 1.165) is 44.1 Å². The number of carbonyl (C=O) groups excluding carboxylic acids is 2. The van der Waals surface area contributed by atoms with Crippen molar-refractivity contribution in [1.82, 2.24) is 9.88 Å². The maximum atomic E-state index is 12.7. The third-order valence-corrected chi connectivity index (χ3v) is 5.39. The molecule has 7 nitrogen and oxygen atoms in total. The van der Waals surface area contributed by atoms with Gasteiger partial charge in [0.2, 0.25) is 6.41 Å². The number of piperazine rings is 1. The lowest BCUT2D eigenvalue weighted by atomic mass is 10.2. The number of anilines is 3. The van der Waals surface area contributed by atoms with Crippen molar-refractivity contribution in [3.05, 3.63) is 48.2 Å². The zero-order valence-electron chi connectivity index (χ0n) is 15.9. The Morgan fingerprint density at radius 3 is 2.32 bits per heavy atom. The minimum absolute atomic E-state index is 0.149. The van der Waals surface area contributed by atoms with E-state index in [2.05, 4.69) is 32.2 Å². The van der Waals surface area contributed by atoms with Crippen LogP contribution in [0, 0.1) is 0 Å². The van der Waals surface area contributed by atoms with Gasteiger partial charge in [-0.1, -0.05) is 0 Å². The average molecular weight is 379 g/mol. The van der Waals surface area contributed by atoms with Crippen molar-refractivity contribution in [1.29, 1.82) is 0 Å². The van der Waals surface area contributed by atoms with Gasteiger partial charge in [-0.25, -0.2) is 4.98 Å². The van der Waals surface area contributed by atoms with Crippen molar-refractivity contribution < 1.29 is 9.59 Å². The van der Waals surface area contributed by atoms with Gasteiger partial charge in [-0.05, 0) is 49.2 Å². The lowest BCUT2D eigenvalue weighted by molar-refractivity contribution is -0.118. The van der Waals surface area contributed by atoms with Crippen LogP contribution in [0.2, 0.25) is 0 Å². The molecule has 0 bridgehead atoms. The molecular formula is C21H25N5O2. The number of hydrogen-bond acceptors (Lipinski definition) is 5. The minimum Gasteiger partial charge on any atom is -0.372 e. The fourth-order valence-electron chi connectivity index (χ4n) is 3.72. The van der Waals surface area contributed by atoms with Crippen molar-refractivity contribution in [3.63, 3.8) is 0 Å². The van der Waals surface area contributed by atoms with Gasteiger partial charge in [0.1, 0.15) is 5.82 Å². The zero-order chi connectivity index (χ0) is 19.3. The van der Waals surface area contributed by atoms with Crippen molar-refractivity contribution in [3.8, 4) is 0 Å². The fourth-order valence-corrected chi connectivity index (χ4v) is 3.72. The lowest BCUT2D eigenvalue weighted by Gasteiger charge is -2.33. The summed E-state index contributed by atoms with van der Waals surface area (Å²) in [5, 5.41) is 2.96. The molecule has 2 amide bonds. The summed E-state index contributed by atoms with van der Waals surface area (Å²) in [5.74, 6) is 0.617. The Hall–Kier alpha value is -3.09. The van der Waals surface area contributed by atoms with Gasteiger partial charge < -0.3 is 20.0 Å². The van der Waals surface area contributed by atoms with E-state index in [1.807, 2.05) is 18.2 Å².